The van der Waals surface area contributed by atoms with Crippen LogP contribution in [-0.2, 0) is 12.3 Å². The number of hydrogen-bond donors (Lipinski definition) is 0. The van der Waals surface area contributed by atoms with Crippen LogP contribution < -0.4 is 4.74 Å². The summed E-state index contributed by atoms with van der Waals surface area (Å²) >= 11 is 7.18. The summed E-state index contributed by atoms with van der Waals surface area (Å²) in [5.41, 5.74) is 1.61. The Kier molecular flexibility index (Phi) is 4.34. The summed E-state index contributed by atoms with van der Waals surface area (Å²) in [5.74, 6) is 0.633. The summed E-state index contributed by atoms with van der Waals surface area (Å²) in [6.07, 6.45) is 0.548. The lowest BCUT2D eigenvalue weighted by Crippen LogP contribution is -1.96. The molecular weight excluding hydrogens is 288 g/mol. The van der Waals surface area contributed by atoms with Gasteiger partial charge in [-0.1, -0.05) is 6.07 Å². The van der Waals surface area contributed by atoms with Crippen LogP contribution in [0.1, 0.15) is 16.3 Å². The number of rotatable bonds is 5. The minimum absolute atomic E-state index is 0.0332. The lowest BCUT2D eigenvalue weighted by Gasteiger charge is -2.03. The maximum absolute atomic E-state index is 10.9. The molecule has 0 bridgehead atoms. The van der Waals surface area contributed by atoms with Gasteiger partial charge in [0.05, 0.1) is 28.6 Å². The van der Waals surface area contributed by atoms with E-state index >= 15 is 0 Å². The second kappa shape index (κ2) is 5.99. The predicted molar refractivity (Wildman–Crippen MR) is 74.1 cm³/mol. The fourth-order valence-corrected chi connectivity index (χ4v) is 2.71. The van der Waals surface area contributed by atoms with Crippen molar-refractivity contribution in [2.45, 2.75) is 12.3 Å². The van der Waals surface area contributed by atoms with E-state index in [9.17, 15) is 10.1 Å². The van der Waals surface area contributed by atoms with E-state index in [-0.39, 0.29) is 11.4 Å². The molecule has 0 amide bonds. The summed E-state index contributed by atoms with van der Waals surface area (Å²) < 4.78 is 4.96. The van der Waals surface area contributed by atoms with Gasteiger partial charge in [0.25, 0.3) is 0 Å². The fraction of sp³-hybridized carbons (Fsp3) is 0.250. The van der Waals surface area contributed by atoms with Gasteiger partial charge >= 0.3 is 5.69 Å². The van der Waals surface area contributed by atoms with Crippen molar-refractivity contribution in [2.24, 2.45) is 0 Å². The Morgan fingerprint density at radius 1 is 1.53 bits per heavy atom. The van der Waals surface area contributed by atoms with E-state index in [4.69, 9.17) is 16.3 Å². The van der Waals surface area contributed by atoms with Crippen molar-refractivity contribution in [3.8, 4) is 5.75 Å². The molecule has 0 N–H and O–H groups in total. The first kappa shape index (κ1) is 13.8. The van der Waals surface area contributed by atoms with Crippen LogP contribution in [-0.4, -0.2) is 17.0 Å². The van der Waals surface area contributed by atoms with Crippen molar-refractivity contribution >= 4 is 28.6 Å². The normalized spacial score (nSPS) is 10.4. The minimum atomic E-state index is -0.450. The predicted octanol–water partition coefficient (Wildman–Crippen LogP) is 3.39. The summed E-state index contributed by atoms with van der Waals surface area (Å²) in [7, 11) is 1.41. The van der Waals surface area contributed by atoms with Crippen molar-refractivity contribution in [3.63, 3.8) is 0 Å². The quantitative estimate of drug-likeness (QED) is 0.482. The van der Waals surface area contributed by atoms with Gasteiger partial charge in [0.1, 0.15) is 0 Å². The van der Waals surface area contributed by atoms with Gasteiger partial charge in [-0.05, 0) is 11.6 Å². The third-order valence-electron chi connectivity index (χ3n) is 2.53. The number of thiazole rings is 1. The van der Waals surface area contributed by atoms with Gasteiger partial charge in [-0.2, -0.15) is 0 Å². The van der Waals surface area contributed by atoms with Crippen LogP contribution in [0.4, 0.5) is 5.69 Å². The number of nitro groups is 1. The zero-order valence-electron chi connectivity index (χ0n) is 10.1. The maximum Gasteiger partial charge on any atom is 0.311 e. The Balaban J connectivity index is 2.25. The molecule has 0 aliphatic rings. The number of nitrogens with zero attached hydrogens (tertiary/aromatic N) is 2. The Hall–Kier alpha value is -1.66. The van der Waals surface area contributed by atoms with Crippen molar-refractivity contribution in [2.75, 3.05) is 7.11 Å². The minimum Gasteiger partial charge on any atom is -0.490 e. The molecule has 0 atom stereocenters. The molecular formula is C12H11ClN2O3S. The van der Waals surface area contributed by atoms with Gasteiger partial charge in [0.15, 0.2) is 5.75 Å². The van der Waals surface area contributed by atoms with Crippen molar-refractivity contribution < 1.29 is 9.66 Å². The molecule has 0 spiro atoms. The zero-order chi connectivity index (χ0) is 13.8. The van der Waals surface area contributed by atoms with Gasteiger partial charge in [0, 0.05) is 17.9 Å². The second-order valence-corrected chi connectivity index (χ2v) is 5.02. The van der Waals surface area contributed by atoms with Crippen LogP contribution in [0, 0.1) is 10.1 Å². The van der Waals surface area contributed by atoms with Gasteiger partial charge in [-0.15, -0.1) is 22.9 Å². The molecule has 0 saturated carbocycles. The van der Waals surface area contributed by atoms with Crippen LogP contribution in [0.15, 0.2) is 23.6 Å². The SMILES string of the molecule is COc1ccc(Cc2nc(CCl)cs2)cc1[N+](=O)[O-]. The number of aromatic nitrogens is 1. The monoisotopic (exact) mass is 298 g/mol. The van der Waals surface area contributed by atoms with E-state index < -0.39 is 4.92 Å². The highest BCUT2D eigenvalue weighted by Gasteiger charge is 2.15. The third-order valence-corrected chi connectivity index (χ3v) is 3.70. The van der Waals surface area contributed by atoms with E-state index in [1.54, 1.807) is 12.1 Å². The lowest BCUT2D eigenvalue weighted by atomic mass is 10.1. The number of hydrogen-bond acceptors (Lipinski definition) is 5. The van der Waals surface area contributed by atoms with E-state index in [0.29, 0.717) is 12.3 Å². The van der Waals surface area contributed by atoms with Gasteiger partial charge in [-0.25, -0.2) is 4.98 Å². The highest BCUT2D eigenvalue weighted by molar-refractivity contribution is 7.09. The first-order chi connectivity index (χ1) is 9.13. The van der Waals surface area contributed by atoms with E-state index in [0.717, 1.165) is 16.3 Å². The van der Waals surface area contributed by atoms with E-state index in [1.165, 1.54) is 24.5 Å². The van der Waals surface area contributed by atoms with Crippen LogP contribution in [0.5, 0.6) is 5.75 Å². The number of halogens is 1. The topological polar surface area (TPSA) is 65.3 Å². The molecule has 0 fully saturated rings. The molecule has 2 aromatic rings. The molecule has 100 valence electrons. The van der Waals surface area contributed by atoms with Gasteiger partial charge in [-0.3, -0.25) is 10.1 Å². The van der Waals surface area contributed by atoms with Crippen LogP contribution in [0.3, 0.4) is 0 Å². The summed E-state index contributed by atoms with van der Waals surface area (Å²) in [5, 5.41) is 13.7. The van der Waals surface area contributed by atoms with Crippen LogP contribution >= 0.6 is 22.9 Å². The fourth-order valence-electron chi connectivity index (χ4n) is 1.65. The van der Waals surface area contributed by atoms with E-state index in [1.807, 2.05) is 5.38 Å². The first-order valence-electron chi connectivity index (χ1n) is 5.44. The van der Waals surface area contributed by atoms with Gasteiger partial charge in [0.2, 0.25) is 0 Å². The molecule has 0 aliphatic carbocycles. The highest BCUT2D eigenvalue weighted by atomic mass is 35.5. The maximum atomic E-state index is 10.9. The number of alkyl halides is 1. The largest absolute Gasteiger partial charge is 0.490 e. The molecule has 7 heteroatoms. The van der Waals surface area contributed by atoms with E-state index in [2.05, 4.69) is 4.98 Å². The number of ether oxygens (including phenoxy) is 1. The summed E-state index contributed by atoms with van der Waals surface area (Å²) in [6, 6.07) is 4.91. The molecule has 1 aromatic heterocycles. The average Bonchev–Trinajstić information content (AvgIpc) is 2.86. The molecule has 0 aliphatic heterocycles. The lowest BCUT2D eigenvalue weighted by molar-refractivity contribution is -0.385. The van der Waals surface area contributed by atoms with Crippen molar-refractivity contribution in [1.29, 1.82) is 0 Å². The average molecular weight is 299 g/mol. The highest BCUT2D eigenvalue weighted by Crippen LogP contribution is 2.28. The second-order valence-electron chi connectivity index (χ2n) is 3.81. The number of methoxy groups -OCH3 is 1. The van der Waals surface area contributed by atoms with Crippen LogP contribution in [0.2, 0.25) is 0 Å². The smallest absolute Gasteiger partial charge is 0.311 e. The molecule has 0 radical (unpaired) electrons. The Bertz CT molecular complexity index is 600. The Morgan fingerprint density at radius 2 is 2.32 bits per heavy atom. The molecule has 19 heavy (non-hydrogen) atoms. The standard InChI is InChI=1S/C12H11ClN2O3S/c1-18-11-3-2-8(4-10(11)15(16)17)5-12-14-9(6-13)7-19-12/h2-4,7H,5-6H2,1H3. The molecule has 1 aromatic carbocycles. The van der Waals surface area contributed by atoms with Crippen molar-refractivity contribution in [1.82, 2.24) is 4.98 Å². The molecule has 2 rings (SSSR count). The third kappa shape index (κ3) is 3.21. The zero-order valence-corrected chi connectivity index (χ0v) is 11.7. The summed E-state index contributed by atoms with van der Waals surface area (Å²) in [6.45, 7) is 0. The Labute approximate surface area is 119 Å². The first-order valence-corrected chi connectivity index (χ1v) is 6.86. The van der Waals surface area contributed by atoms with Gasteiger partial charge < -0.3 is 4.74 Å². The van der Waals surface area contributed by atoms with Crippen LogP contribution in [0.25, 0.3) is 0 Å². The number of nitro benzene ring substituents is 1. The molecule has 5 nitrogen and oxygen atoms in total. The Morgan fingerprint density at radius 3 is 2.89 bits per heavy atom. The molecule has 1 heterocycles. The number of benzene rings is 1. The van der Waals surface area contributed by atoms with Crippen molar-refractivity contribution in [3.05, 3.63) is 50.0 Å². The summed E-state index contributed by atoms with van der Waals surface area (Å²) in [4.78, 5) is 14.8. The molecule has 0 unspecified atom stereocenters. The molecule has 0 saturated heterocycles.